The minimum absolute atomic E-state index is 0.0835. The normalized spacial score (nSPS) is 10.1. The number of rotatable bonds is 5. The fraction of sp³-hybridized carbons (Fsp3) is 0.167. The van der Waals surface area contributed by atoms with Crippen LogP contribution in [0.5, 0.6) is 0 Å². The summed E-state index contributed by atoms with van der Waals surface area (Å²) in [5, 5.41) is 2.54. The van der Waals surface area contributed by atoms with Crippen LogP contribution in [-0.4, -0.2) is 24.1 Å². The smallest absolute Gasteiger partial charge is 0.244 e. The Morgan fingerprint density at radius 1 is 1.04 bits per heavy atom. The molecule has 124 valence electrons. The van der Waals surface area contributed by atoms with Crippen molar-refractivity contribution < 1.29 is 18.8 Å². The average Bonchev–Trinajstić information content (AvgIpc) is 2.52. The van der Waals surface area contributed by atoms with E-state index in [1.165, 1.54) is 36.9 Å². The third kappa shape index (κ3) is 4.49. The van der Waals surface area contributed by atoms with Gasteiger partial charge < -0.3 is 10.2 Å². The highest BCUT2D eigenvalue weighted by Crippen LogP contribution is 2.16. The lowest BCUT2D eigenvalue weighted by Gasteiger charge is -2.21. The second-order valence-electron chi connectivity index (χ2n) is 5.27. The molecule has 0 bridgehead atoms. The number of hydrogen-bond donors (Lipinski definition) is 1. The Labute approximate surface area is 139 Å². The fourth-order valence-electron chi connectivity index (χ4n) is 2.17. The Hall–Kier alpha value is -3.02. The largest absolute Gasteiger partial charge is 0.324 e. The molecule has 2 amide bonds. The van der Waals surface area contributed by atoms with Crippen LogP contribution in [0, 0.1) is 5.82 Å². The first-order valence-corrected chi connectivity index (χ1v) is 7.31. The van der Waals surface area contributed by atoms with Gasteiger partial charge in [-0.3, -0.25) is 14.4 Å². The van der Waals surface area contributed by atoms with Crippen LogP contribution in [0.2, 0.25) is 0 Å². The van der Waals surface area contributed by atoms with Crippen LogP contribution in [0.15, 0.2) is 48.5 Å². The molecule has 0 spiro atoms. The lowest BCUT2D eigenvalue weighted by molar-refractivity contribution is -0.120. The van der Waals surface area contributed by atoms with Crippen molar-refractivity contribution in [3.05, 3.63) is 59.9 Å². The van der Waals surface area contributed by atoms with Crippen molar-refractivity contribution in [3.63, 3.8) is 0 Å². The molecule has 0 aliphatic rings. The lowest BCUT2D eigenvalue weighted by atomic mass is 10.1. The fourth-order valence-corrected chi connectivity index (χ4v) is 2.17. The van der Waals surface area contributed by atoms with Crippen molar-refractivity contribution in [1.82, 2.24) is 0 Å². The Morgan fingerprint density at radius 3 is 2.25 bits per heavy atom. The SMILES string of the molecule is CC(=O)c1ccc(N(CC(=O)Nc2cccc(F)c2)C(C)=O)cc1. The van der Waals surface area contributed by atoms with Crippen LogP contribution < -0.4 is 10.2 Å². The molecule has 2 aromatic rings. The van der Waals surface area contributed by atoms with E-state index in [0.717, 1.165) is 0 Å². The molecule has 0 radical (unpaired) electrons. The van der Waals surface area contributed by atoms with Crippen LogP contribution in [0.4, 0.5) is 15.8 Å². The number of Topliss-reactive ketones (excluding diaryl/α,β-unsaturated/α-hetero) is 1. The molecule has 0 aliphatic heterocycles. The molecule has 0 fully saturated rings. The molecule has 5 nitrogen and oxygen atoms in total. The first kappa shape index (κ1) is 17.3. The molecule has 2 rings (SSSR count). The summed E-state index contributed by atoms with van der Waals surface area (Å²) >= 11 is 0. The molecule has 24 heavy (non-hydrogen) atoms. The van der Waals surface area contributed by atoms with Gasteiger partial charge in [0.05, 0.1) is 0 Å². The summed E-state index contributed by atoms with van der Waals surface area (Å²) < 4.78 is 13.1. The molecule has 2 aromatic carbocycles. The molecule has 0 unspecified atom stereocenters. The molecule has 0 saturated carbocycles. The average molecular weight is 328 g/mol. The van der Waals surface area contributed by atoms with Crippen molar-refractivity contribution in [3.8, 4) is 0 Å². The Kier molecular flexibility index (Phi) is 5.42. The van der Waals surface area contributed by atoms with Gasteiger partial charge in [0.15, 0.2) is 5.78 Å². The zero-order valence-electron chi connectivity index (χ0n) is 13.4. The Bertz CT molecular complexity index is 772. The maximum atomic E-state index is 13.1. The summed E-state index contributed by atoms with van der Waals surface area (Å²) in [7, 11) is 0. The molecular formula is C18H17FN2O3. The summed E-state index contributed by atoms with van der Waals surface area (Å²) in [6.45, 7) is 2.57. The number of ketones is 1. The highest BCUT2D eigenvalue weighted by atomic mass is 19.1. The maximum Gasteiger partial charge on any atom is 0.244 e. The molecule has 0 atom stereocenters. The summed E-state index contributed by atoms with van der Waals surface area (Å²) in [6.07, 6.45) is 0. The van der Waals surface area contributed by atoms with Gasteiger partial charge >= 0.3 is 0 Å². The topological polar surface area (TPSA) is 66.5 Å². The van der Waals surface area contributed by atoms with Crippen LogP contribution in [-0.2, 0) is 9.59 Å². The highest BCUT2D eigenvalue weighted by molar-refractivity contribution is 6.02. The predicted molar refractivity (Wildman–Crippen MR) is 89.5 cm³/mol. The standard InChI is InChI=1S/C18H17FN2O3/c1-12(22)14-6-8-17(9-7-14)21(13(2)23)11-18(24)20-16-5-3-4-15(19)10-16/h3-10H,11H2,1-2H3,(H,20,24). The van der Waals surface area contributed by atoms with E-state index in [9.17, 15) is 18.8 Å². The summed E-state index contributed by atoms with van der Waals surface area (Å²) in [6, 6.07) is 11.9. The van der Waals surface area contributed by atoms with Gasteiger partial charge in [-0.25, -0.2) is 4.39 Å². The number of amides is 2. The first-order valence-electron chi connectivity index (χ1n) is 7.31. The van der Waals surface area contributed by atoms with E-state index in [1.54, 1.807) is 30.3 Å². The van der Waals surface area contributed by atoms with Crippen LogP contribution in [0.25, 0.3) is 0 Å². The zero-order valence-corrected chi connectivity index (χ0v) is 13.4. The maximum absolute atomic E-state index is 13.1. The number of carbonyl (C=O) groups excluding carboxylic acids is 3. The number of carbonyl (C=O) groups is 3. The first-order chi connectivity index (χ1) is 11.4. The minimum Gasteiger partial charge on any atom is -0.324 e. The second kappa shape index (κ2) is 7.50. The molecule has 0 aliphatic carbocycles. The van der Waals surface area contributed by atoms with Gasteiger partial charge in [-0.2, -0.15) is 0 Å². The lowest BCUT2D eigenvalue weighted by Crippen LogP contribution is -2.36. The van der Waals surface area contributed by atoms with E-state index in [0.29, 0.717) is 16.9 Å². The summed E-state index contributed by atoms with van der Waals surface area (Å²) in [5.41, 5.74) is 1.34. The van der Waals surface area contributed by atoms with Gasteiger partial charge in [0.1, 0.15) is 12.4 Å². The van der Waals surface area contributed by atoms with Gasteiger partial charge in [-0.05, 0) is 49.4 Å². The Morgan fingerprint density at radius 2 is 1.71 bits per heavy atom. The van der Waals surface area contributed by atoms with E-state index >= 15 is 0 Å². The van der Waals surface area contributed by atoms with Gasteiger partial charge in [0.25, 0.3) is 0 Å². The van der Waals surface area contributed by atoms with Gasteiger partial charge in [-0.1, -0.05) is 6.07 Å². The van der Waals surface area contributed by atoms with Gasteiger partial charge in [0, 0.05) is 23.9 Å². The number of nitrogens with zero attached hydrogens (tertiary/aromatic N) is 1. The predicted octanol–water partition coefficient (Wildman–Crippen LogP) is 3.02. The van der Waals surface area contributed by atoms with E-state index in [2.05, 4.69) is 5.32 Å². The Balaban J connectivity index is 2.11. The molecular weight excluding hydrogens is 311 g/mol. The number of nitrogens with one attached hydrogen (secondary N) is 1. The van der Waals surface area contributed by atoms with Crippen LogP contribution in [0.3, 0.4) is 0 Å². The van der Waals surface area contributed by atoms with Gasteiger partial charge in [0.2, 0.25) is 11.8 Å². The molecule has 6 heteroatoms. The number of benzene rings is 2. The van der Waals surface area contributed by atoms with Crippen molar-refractivity contribution in [1.29, 1.82) is 0 Å². The molecule has 0 aromatic heterocycles. The van der Waals surface area contributed by atoms with Crippen LogP contribution >= 0.6 is 0 Å². The van der Waals surface area contributed by atoms with Crippen molar-refractivity contribution in [2.24, 2.45) is 0 Å². The molecule has 0 saturated heterocycles. The highest BCUT2D eigenvalue weighted by Gasteiger charge is 2.16. The summed E-state index contributed by atoms with van der Waals surface area (Å²) in [4.78, 5) is 36.5. The third-order valence-electron chi connectivity index (χ3n) is 3.38. The second-order valence-corrected chi connectivity index (χ2v) is 5.27. The number of anilines is 2. The molecule has 1 N–H and O–H groups in total. The van der Waals surface area contributed by atoms with Gasteiger partial charge in [-0.15, -0.1) is 0 Å². The monoisotopic (exact) mass is 328 g/mol. The third-order valence-corrected chi connectivity index (χ3v) is 3.38. The minimum atomic E-state index is -0.462. The van der Waals surface area contributed by atoms with E-state index < -0.39 is 11.7 Å². The van der Waals surface area contributed by atoms with Crippen molar-refractivity contribution >= 4 is 29.0 Å². The number of halogens is 1. The van der Waals surface area contributed by atoms with E-state index in [4.69, 9.17) is 0 Å². The van der Waals surface area contributed by atoms with E-state index in [1.807, 2.05) is 0 Å². The van der Waals surface area contributed by atoms with E-state index in [-0.39, 0.29) is 18.2 Å². The number of hydrogen-bond acceptors (Lipinski definition) is 3. The van der Waals surface area contributed by atoms with Crippen molar-refractivity contribution in [2.45, 2.75) is 13.8 Å². The summed E-state index contributed by atoms with van der Waals surface area (Å²) in [5.74, 6) is -1.32. The van der Waals surface area contributed by atoms with Crippen molar-refractivity contribution in [2.75, 3.05) is 16.8 Å². The van der Waals surface area contributed by atoms with Crippen LogP contribution in [0.1, 0.15) is 24.2 Å². The quantitative estimate of drug-likeness (QED) is 0.858. The zero-order chi connectivity index (χ0) is 17.7. The molecule has 0 heterocycles.